The van der Waals surface area contributed by atoms with Crippen molar-refractivity contribution < 1.29 is 32.6 Å². The maximum atomic E-state index is 14.0. The van der Waals surface area contributed by atoms with Crippen LogP contribution in [0.25, 0.3) is 0 Å². The Balaban J connectivity index is 1.18. The molecular formula is C43H44N4O7S. The van der Waals surface area contributed by atoms with Gasteiger partial charge in [0.05, 0.1) is 18.0 Å². The Morgan fingerprint density at radius 2 is 1.49 bits per heavy atom. The molecule has 0 aliphatic carbocycles. The summed E-state index contributed by atoms with van der Waals surface area (Å²) in [5, 5.41) is 11.0. The van der Waals surface area contributed by atoms with Gasteiger partial charge in [0, 0.05) is 43.1 Å². The molecule has 5 aromatic rings. The second kappa shape index (κ2) is 17.0. The number of hydrogen-bond donors (Lipinski definition) is 2. The van der Waals surface area contributed by atoms with Crippen LogP contribution in [0.4, 0.5) is 11.4 Å². The van der Waals surface area contributed by atoms with Crippen molar-refractivity contribution in [3.8, 4) is 5.75 Å². The van der Waals surface area contributed by atoms with Gasteiger partial charge in [0.2, 0.25) is 21.8 Å². The second-order valence-corrected chi connectivity index (χ2v) is 15.8. The van der Waals surface area contributed by atoms with Crippen LogP contribution >= 0.6 is 0 Å². The molecule has 1 saturated heterocycles. The van der Waals surface area contributed by atoms with E-state index < -0.39 is 34.4 Å². The molecule has 55 heavy (non-hydrogen) atoms. The molecule has 2 amide bonds. The van der Waals surface area contributed by atoms with Gasteiger partial charge in [-0.2, -0.15) is 4.31 Å². The molecule has 6 rings (SSSR count). The minimum Gasteiger partial charge on any atom is -0.507 e. The first-order valence-corrected chi connectivity index (χ1v) is 19.4. The van der Waals surface area contributed by atoms with Crippen LogP contribution in [0.2, 0.25) is 0 Å². The molecule has 5 aromatic carbocycles. The number of esters is 1. The topological polar surface area (TPSA) is 151 Å². The zero-order valence-electron chi connectivity index (χ0n) is 30.8. The third kappa shape index (κ3) is 9.40. The van der Waals surface area contributed by atoms with E-state index in [1.807, 2.05) is 61.5 Å². The molecule has 1 aliphatic heterocycles. The highest BCUT2D eigenvalue weighted by atomic mass is 32.2. The van der Waals surface area contributed by atoms with Gasteiger partial charge in [-0.15, -0.1) is 0 Å². The Hall–Kier alpha value is -5.98. The number of benzene rings is 5. The molecule has 0 saturated carbocycles. The van der Waals surface area contributed by atoms with E-state index in [1.165, 1.54) is 47.8 Å². The lowest BCUT2D eigenvalue weighted by Crippen LogP contribution is -2.41. The fourth-order valence-corrected chi connectivity index (χ4v) is 7.74. The maximum Gasteiger partial charge on any atom is 0.342 e. The number of ether oxygens (including phenoxy) is 1. The molecular weight excluding hydrogens is 717 g/mol. The van der Waals surface area contributed by atoms with Crippen LogP contribution in [0, 0.1) is 6.92 Å². The number of hydrogen-bond acceptors (Lipinski definition) is 8. The van der Waals surface area contributed by atoms with Crippen molar-refractivity contribution in [2.75, 3.05) is 36.5 Å². The van der Waals surface area contributed by atoms with Crippen molar-refractivity contribution in [3.63, 3.8) is 0 Å². The fraction of sp³-hybridized carbons (Fsp3) is 0.233. The maximum absolute atomic E-state index is 14.0. The highest BCUT2D eigenvalue weighted by molar-refractivity contribution is 7.89. The Morgan fingerprint density at radius 1 is 0.836 bits per heavy atom. The van der Waals surface area contributed by atoms with E-state index in [9.17, 15) is 27.9 Å². The number of piperidine rings is 1. The van der Waals surface area contributed by atoms with Gasteiger partial charge in [-0.05, 0) is 90.9 Å². The van der Waals surface area contributed by atoms with Crippen LogP contribution in [0.5, 0.6) is 5.75 Å². The number of primary amides is 1. The monoisotopic (exact) mass is 760 g/mol. The third-order valence-corrected chi connectivity index (χ3v) is 11.7. The van der Waals surface area contributed by atoms with Crippen molar-refractivity contribution in [3.05, 3.63) is 155 Å². The number of aromatic hydroxyl groups is 1. The summed E-state index contributed by atoms with van der Waals surface area (Å²) in [6.45, 7) is 3.19. The smallest absolute Gasteiger partial charge is 0.342 e. The minimum atomic E-state index is -3.99. The first kappa shape index (κ1) is 38.7. The highest BCUT2D eigenvalue weighted by Crippen LogP contribution is 2.32. The number of rotatable bonds is 13. The van der Waals surface area contributed by atoms with Gasteiger partial charge in [0.15, 0.2) is 0 Å². The quantitative estimate of drug-likeness (QED) is 0.131. The molecule has 0 spiro atoms. The number of nitrogens with two attached hydrogens (primary N) is 1. The molecule has 0 bridgehead atoms. The van der Waals surface area contributed by atoms with Gasteiger partial charge in [0.25, 0.3) is 0 Å². The number of nitrogens with zero attached hydrogens (tertiary/aromatic N) is 3. The zero-order chi connectivity index (χ0) is 39.1. The highest BCUT2D eigenvalue weighted by Gasteiger charge is 2.28. The Kier molecular flexibility index (Phi) is 12.0. The SMILES string of the molecule is Cc1ccc(S(=O)(=O)N(C)CC(=O)N(Cc2ccc(C3CCN(c4ccc(C(N)=O)cc4)CC3)cc2)c2ccc(C(=O)OCc3ccccc3)c(O)c2)cc1. The summed E-state index contributed by atoms with van der Waals surface area (Å²) in [5.74, 6) is -1.75. The number of anilines is 2. The lowest BCUT2D eigenvalue weighted by Gasteiger charge is -2.34. The molecule has 11 nitrogen and oxygen atoms in total. The van der Waals surface area contributed by atoms with Crippen molar-refractivity contribution in [2.24, 2.45) is 5.73 Å². The molecule has 12 heteroatoms. The van der Waals surface area contributed by atoms with Crippen LogP contribution < -0.4 is 15.5 Å². The van der Waals surface area contributed by atoms with E-state index in [0.29, 0.717) is 11.5 Å². The largest absolute Gasteiger partial charge is 0.507 e. The first-order valence-electron chi connectivity index (χ1n) is 18.0. The Bertz CT molecular complexity index is 2240. The molecule has 1 aliphatic rings. The number of sulfonamides is 1. The zero-order valence-corrected chi connectivity index (χ0v) is 31.6. The minimum absolute atomic E-state index is 0.0224. The molecule has 284 valence electrons. The summed E-state index contributed by atoms with van der Waals surface area (Å²) >= 11 is 0. The summed E-state index contributed by atoms with van der Waals surface area (Å²) in [5.41, 5.74) is 10.8. The number of amides is 2. The number of carbonyl (C=O) groups is 3. The van der Waals surface area contributed by atoms with Gasteiger partial charge in [-0.3, -0.25) is 9.59 Å². The van der Waals surface area contributed by atoms with Crippen molar-refractivity contribution in [1.82, 2.24) is 4.31 Å². The van der Waals surface area contributed by atoms with Crippen LogP contribution in [-0.4, -0.2) is 62.3 Å². The standard InChI is InChI=1S/C43H44N4O7S/c1-30-8-19-38(20-9-30)55(52,53)45(2)28-41(49)47(37-18-21-39(40(48)26-37)43(51)54-29-32-6-4-3-5-7-32)27-31-10-12-33(13-11-31)34-22-24-46(25-23-34)36-16-14-35(15-17-36)42(44)50/h3-21,26,34,48H,22-25,27-29H2,1-2H3,(H2,44,50). The number of carbonyl (C=O) groups excluding carboxylic acids is 3. The van der Waals surface area contributed by atoms with Gasteiger partial charge >= 0.3 is 5.97 Å². The van der Waals surface area contributed by atoms with E-state index in [-0.39, 0.29) is 35.0 Å². The fourth-order valence-electron chi connectivity index (χ4n) is 6.62. The van der Waals surface area contributed by atoms with E-state index >= 15 is 0 Å². The summed E-state index contributed by atoms with van der Waals surface area (Å²) < 4.78 is 33.2. The predicted octanol–water partition coefficient (Wildman–Crippen LogP) is 6.39. The summed E-state index contributed by atoms with van der Waals surface area (Å²) in [7, 11) is -2.63. The third-order valence-electron chi connectivity index (χ3n) is 9.92. The van der Waals surface area contributed by atoms with Gasteiger partial charge < -0.3 is 25.4 Å². The molecule has 1 fully saturated rings. The van der Waals surface area contributed by atoms with Crippen LogP contribution in [-0.2, 0) is 32.7 Å². The lowest BCUT2D eigenvalue weighted by atomic mass is 9.88. The molecule has 3 N–H and O–H groups in total. The van der Waals surface area contributed by atoms with Crippen LogP contribution in [0.3, 0.4) is 0 Å². The summed E-state index contributed by atoms with van der Waals surface area (Å²) in [4.78, 5) is 42.1. The molecule has 0 unspecified atom stereocenters. The number of aryl methyl sites for hydroxylation is 1. The van der Waals surface area contributed by atoms with E-state index in [0.717, 1.165) is 52.6 Å². The molecule has 0 radical (unpaired) electrons. The Morgan fingerprint density at radius 3 is 2.11 bits per heavy atom. The van der Waals surface area contributed by atoms with Crippen molar-refractivity contribution in [2.45, 2.75) is 43.7 Å². The van der Waals surface area contributed by atoms with E-state index in [1.54, 1.807) is 24.3 Å². The second-order valence-electron chi connectivity index (χ2n) is 13.7. The molecule has 0 aromatic heterocycles. The summed E-state index contributed by atoms with van der Waals surface area (Å²) in [6, 6.07) is 35.1. The first-order chi connectivity index (χ1) is 26.4. The number of phenols is 1. The van der Waals surface area contributed by atoms with E-state index in [2.05, 4.69) is 17.0 Å². The van der Waals surface area contributed by atoms with Gasteiger partial charge in [0.1, 0.15) is 17.9 Å². The predicted molar refractivity (Wildman–Crippen MR) is 211 cm³/mol. The average molecular weight is 761 g/mol. The molecule has 1 heterocycles. The normalized spacial score (nSPS) is 13.4. The van der Waals surface area contributed by atoms with Crippen molar-refractivity contribution >= 4 is 39.2 Å². The van der Waals surface area contributed by atoms with Gasteiger partial charge in [-0.25, -0.2) is 13.2 Å². The average Bonchev–Trinajstić information content (AvgIpc) is 3.20. The van der Waals surface area contributed by atoms with Gasteiger partial charge in [-0.1, -0.05) is 72.3 Å². The number of phenolic OH excluding ortho intramolecular Hbond substituents is 1. The Labute approximate surface area is 321 Å². The van der Waals surface area contributed by atoms with Crippen LogP contribution in [0.15, 0.2) is 126 Å². The number of likely N-dealkylation sites (N-methyl/N-ethyl adjacent to an activating group) is 1. The van der Waals surface area contributed by atoms with Crippen LogP contribution in [0.1, 0.15) is 61.7 Å². The molecule has 0 atom stereocenters. The summed E-state index contributed by atoms with van der Waals surface area (Å²) in [6.07, 6.45) is 1.87. The lowest BCUT2D eigenvalue weighted by molar-refractivity contribution is -0.118. The van der Waals surface area contributed by atoms with Crippen molar-refractivity contribution in [1.29, 1.82) is 0 Å². The van der Waals surface area contributed by atoms with E-state index in [4.69, 9.17) is 10.5 Å².